The maximum atomic E-state index is 12.2. The van der Waals surface area contributed by atoms with Gasteiger partial charge in [-0.05, 0) is 48.9 Å². The zero-order chi connectivity index (χ0) is 15.4. The van der Waals surface area contributed by atoms with Gasteiger partial charge in [-0.2, -0.15) is 0 Å². The van der Waals surface area contributed by atoms with Gasteiger partial charge in [-0.1, -0.05) is 17.7 Å². The highest BCUT2D eigenvalue weighted by Gasteiger charge is 2.11. The summed E-state index contributed by atoms with van der Waals surface area (Å²) in [6.45, 7) is 1.84. The molecular weight excluding hydrogens is 308 g/mol. The van der Waals surface area contributed by atoms with Crippen molar-refractivity contribution in [3.05, 3.63) is 53.1 Å². The lowest BCUT2D eigenvalue weighted by Crippen LogP contribution is -2.19. The topological polar surface area (TPSA) is 72.2 Å². The Balaban J connectivity index is 2.02. The number of halogens is 1. The van der Waals surface area contributed by atoms with Crippen molar-refractivity contribution in [2.75, 3.05) is 16.8 Å². The first-order chi connectivity index (χ1) is 9.95. The summed E-state index contributed by atoms with van der Waals surface area (Å²) in [6.07, 6.45) is 0. The molecule has 2 rings (SSSR count). The number of carbonyl (C=O) groups excluding carboxylic acids is 1. The number of rotatable bonds is 4. The summed E-state index contributed by atoms with van der Waals surface area (Å²) >= 11 is 5.84. The Hall–Kier alpha value is -1.85. The van der Waals surface area contributed by atoms with Crippen LogP contribution in [0, 0.1) is 6.92 Å². The molecule has 6 heteroatoms. The second-order valence-electron chi connectivity index (χ2n) is 4.57. The van der Waals surface area contributed by atoms with Gasteiger partial charge in [0.25, 0.3) is 0 Å². The molecule has 0 radical (unpaired) electrons. The standard InChI is InChI=1S/C15H15ClN2O2S/c1-10-7-13(5-6-14(10)17)21(20)9-15(19)18-12-4-2-3-11(16)8-12/h2-8H,9,17H2,1H3,(H,18,19). The first kappa shape index (κ1) is 15.5. The van der Waals surface area contributed by atoms with Crippen molar-refractivity contribution in [1.82, 2.24) is 0 Å². The van der Waals surface area contributed by atoms with E-state index in [-0.39, 0.29) is 11.7 Å². The lowest BCUT2D eigenvalue weighted by atomic mass is 10.2. The Kier molecular flexibility index (Phi) is 4.98. The van der Waals surface area contributed by atoms with Crippen molar-refractivity contribution in [2.45, 2.75) is 11.8 Å². The number of nitrogens with two attached hydrogens (primary N) is 1. The van der Waals surface area contributed by atoms with E-state index in [1.165, 1.54) is 0 Å². The Labute approximate surface area is 130 Å². The number of aryl methyl sites for hydroxylation is 1. The molecule has 21 heavy (non-hydrogen) atoms. The zero-order valence-electron chi connectivity index (χ0n) is 11.4. The highest BCUT2D eigenvalue weighted by atomic mass is 35.5. The monoisotopic (exact) mass is 322 g/mol. The minimum atomic E-state index is -1.41. The first-order valence-electron chi connectivity index (χ1n) is 6.25. The summed E-state index contributed by atoms with van der Waals surface area (Å²) in [5.74, 6) is -0.444. The van der Waals surface area contributed by atoms with Gasteiger partial charge < -0.3 is 11.1 Å². The summed E-state index contributed by atoms with van der Waals surface area (Å²) in [7, 11) is -1.41. The quantitative estimate of drug-likeness (QED) is 0.850. The molecular formula is C15H15ClN2O2S. The predicted molar refractivity (Wildman–Crippen MR) is 86.9 cm³/mol. The summed E-state index contributed by atoms with van der Waals surface area (Å²) < 4.78 is 12.2. The van der Waals surface area contributed by atoms with Gasteiger partial charge in [0, 0.05) is 21.3 Å². The van der Waals surface area contributed by atoms with Crippen LogP contribution in [0.15, 0.2) is 47.4 Å². The maximum Gasteiger partial charge on any atom is 0.237 e. The van der Waals surface area contributed by atoms with Crippen LogP contribution >= 0.6 is 11.6 Å². The fourth-order valence-electron chi connectivity index (χ4n) is 1.76. The number of hydrogen-bond acceptors (Lipinski definition) is 3. The van der Waals surface area contributed by atoms with E-state index in [0.29, 0.717) is 21.3 Å². The van der Waals surface area contributed by atoms with Crippen LogP contribution in [-0.4, -0.2) is 15.9 Å². The number of carbonyl (C=O) groups is 1. The van der Waals surface area contributed by atoms with Crippen LogP contribution in [0.4, 0.5) is 11.4 Å². The van der Waals surface area contributed by atoms with E-state index in [2.05, 4.69) is 5.32 Å². The average Bonchev–Trinajstić information content (AvgIpc) is 2.41. The van der Waals surface area contributed by atoms with E-state index < -0.39 is 10.8 Å². The SMILES string of the molecule is Cc1cc(S(=O)CC(=O)Nc2cccc(Cl)c2)ccc1N. The lowest BCUT2D eigenvalue weighted by molar-refractivity contribution is -0.113. The molecule has 0 spiro atoms. The van der Waals surface area contributed by atoms with E-state index in [4.69, 9.17) is 17.3 Å². The zero-order valence-corrected chi connectivity index (χ0v) is 13.0. The van der Waals surface area contributed by atoms with E-state index >= 15 is 0 Å². The summed E-state index contributed by atoms with van der Waals surface area (Å²) in [4.78, 5) is 12.5. The van der Waals surface area contributed by atoms with Gasteiger partial charge in [-0.25, -0.2) is 0 Å². The molecule has 2 aromatic rings. The van der Waals surface area contributed by atoms with Crippen LogP contribution < -0.4 is 11.1 Å². The Bertz CT molecular complexity index is 704. The van der Waals surface area contributed by atoms with Crippen molar-refractivity contribution in [3.63, 3.8) is 0 Å². The van der Waals surface area contributed by atoms with Crippen molar-refractivity contribution in [3.8, 4) is 0 Å². The van der Waals surface area contributed by atoms with Gasteiger partial charge >= 0.3 is 0 Å². The van der Waals surface area contributed by atoms with Gasteiger partial charge in [-0.3, -0.25) is 9.00 Å². The number of anilines is 2. The number of nitrogen functional groups attached to an aromatic ring is 1. The number of amides is 1. The van der Waals surface area contributed by atoms with Gasteiger partial charge in [0.15, 0.2) is 0 Å². The number of benzene rings is 2. The van der Waals surface area contributed by atoms with Crippen LogP contribution in [0.25, 0.3) is 0 Å². The smallest absolute Gasteiger partial charge is 0.237 e. The van der Waals surface area contributed by atoms with Crippen LogP contribution in [0.2, 0.25) is 5.02 Å². The minimum absolute atomic E-state index is 0.115. The first-order valence-corrected chi connectivity index (χ1v) is 7.95. The van der Waals surface area contributed by atoms with Crippen molar-refractivity contribution in [1.29, 1.82) is 0 Å². The van der Waals surface area contributed by atoms with Crippen molar-refractivity contribution >= 4 is 39.7 Å². The maximum absolute atomic E-state index is 12.2. The summed E-state index contributed by atoms with van der Waals surface area (Å²) in [6, 6.07) is 11.9. The Morgan fingerprint density at radius 3 is 2.71 bits per heavy atom. The molecule has 1 atom stereocenters. The largest absolute Gasteiger partial charge is 0.399 e. The van der Waals surface area contributed by atoms with Crippen LogP contribution in [-0.2, 0) is 15.6 Å². The van der Waals surface area contributed by atoms with Gasteiger partial charge in [-0.15, -0.1) is 0 Å². The lowest BCUT2D eigenvalue weighted by Gasteiger charge is -2.07. The molecule has 0 bridgehead atoms. The average molecular weight is 323 g/mol. The van der Waals surface area contributed by atoms with E-state index in [1.54, 1.807) is 42.5 Å². The highest BCUT2D eigenvalue weighted by molar-refractivity contribution is 7.85. The molecule has 0 aromatic heterocycles. The van der Waals surface area contributed by atoms with Crippen LogP contribution in [0.5, 0.6) is 0 Å². The minimum Gasteiger partial charge on any atom is -0.399 e. The second-order valence-corrected chi connectivity index (χ2v) is 6.45. The van der Waals surface area contributed by atoms with E-state index in [1.807, 2.05) is 6.92 Å². The number of nitrogens with one attached hydrogen (secondary N) is 1. The normalized spacial score (nSPS) is 11.9. The molecule has 1 unspecified atom stereocenters. The fraction of sp³-hybridized carbons (Fsp3) is 0.133. The third-order valence-electron chi connectivity index (χ3n) is 2.87. The molecule has 110 valence electrons. The second kappa shape index (κ2) is 6.74. The Morgan fingerprint density at radius 1 is 1.29 bits per heavy atom. The predicted octanol–water partition coefficient (Wildman–Crippen LogP) is 2.98. The number of hydrogen-bond donors (Lipinski definition) is 2. The van der Waals surface area contributed by atoms with Crippen LogP contribution in [0.3, 0.4) is 0 Å². The Morgan fingerprint density at radius 2 is 2.05 bits per heavy atom. The molecule has 0 fully saturated rings. The van der Waals surface area contributed by atoms with Crippen LogP contribution in [0.1, 0.15) is 5.56 Å². The molecule has 4 nitrogen and oxygen atoms in total. The molecule has 0 heterocycles. The molecule has 0 aliphatic heterocycles. The van der Waals surface area contributed by atoms with E-state index in [0.717, 1.165) is 5.56 Å². The third-order valence-corrected chi connectivity index (χ3v) is 4.41. The molecule has 3 N–H and O–H groups in total. The summed E-state index contributed by atoms with van der Waals surface area (Å²) in [5.41, 5.74) is 7.78. The molecule has 1 amide bonds. The molecule has 0 aliphatic carbocycles. The molecule has 0 saturated carbocycles. The summed E-state index contributed by atoms with van der Waals surface area (Å²) in [5, 5.41) is 3.20. The van der Waals surface area contributed by atoms with E-state index in [9.17, 15) is 9.00 Å². The highest BCUT2D eigenvalue weighted by Crippen LogP contribution is 2.17. The van der Waals surface area contributed by atoms with Gasteiger partial charge in [0.05, 0.1) is 10.8 Å². The van der Waals surface area contributed by atoms with Gasteiger partial charge in [0.2, 0.25) is 5.91 Å². The molecule has 2 aromatic carbocycles. The van der Waals surface area contributed by atoms with Crippen molar-refractivity contribution < 1.29 is 9.00 Å². The fourth-order valence-corrected chi connectivity index (χ4v) is 2.95. The van der Waals surface area contributed by atoms with Gasteiger partial charge in [0.1, 0.15) is 5.75 Å². The molecule has 0 saturated heterocycles. The molecule has 0 aliphatic rings. The van der Waals surface area contributed by atoms with Crippen molar-refractivity contribution in [2.24, 2.45) is 0 Å². The third kappa shape index (κ3) is 4.31.